The van der Waals surface area contributed by atoms with Crippen LogP contribution in [0.3, 0.4) is 0 Å². The van der Waals surface area contributed by atoms with Gasteiger partial charge in [-0.15, -0.1) is 0 Å². The van der Waals surface area contributed by atoms with E-state index in [-0.39, 0.29) is 11.8 Å². The third-order valence-electron chi connectivity index (χ3n) is 2.87. The lowest BCUT2D eigenvalue weighted by molar-refractivity contribution is -0.253. The Balaban J connectivity index is 2.64. The predicted molar refractivity (Wildman–Crippen MR) is 69.0 cm³/mol. The molecule has 20 heavy (non-hydrogen) atoms. The van der Waals surface area contributed by atoms with Crippen molar-refractivity contribution in [3.05, 3.63) is 29.8 Å². The number of hydrogen-bond donors (Lipinski definition) is 1. The first-order valence-electron chi connectivity index (χ1n) is 6.43. The summed E-state index contributed by atoms with van der Waals surface area (Å²) in [5.74, 6) is 0.212. The van der Waals surface area contributed by atoms with Gasteiger partial charge in [0, 0.05) is 6.04 Å². The molecule has 0 heterocycles. The fourth-order valence-electron chi connectivity index (χ4n) is 1.66. The first-order chi connectivity index (χ1) is 9.22. The maximum Gasteiger partial charge on any atom is 0.461 e. The smallest absolute Gasteiger partial charge is 0.428 e. The Bertz CT molecular complexity index is 406. The second-order valence-electron chi connectivity index (χ2n) is 5.11. The van der Waals surface area contributed by atoms with Crippen LogP contribution in [0.5, 0.6) is 5.75 Å². The monoisotopic (exact) mass is 293 g/mol. The molecule has 0 saturated carbocycles. The average Bonchev–Trinajstić information content (AvgIpc) is 2.36. The zero-order chi connectivity index (χ0) is 15.3. The molecule has 1 aromatic rings. The highest BCUT2D eigenvalue weighted by molar-refractivity contribution is 5.29. The van der Waals surface area contributed by atoms with Crippen LogP contribution in [0.25, 0.3) is 0 Å². The lowest BCUT2D eigenvalue weighted by Crippen LogP contribution is -2.33. The lowest BCUT2D eigenvalue weighted by Gasteiger charge is -2.18. The molecule has 0 aliphatic heterocycles. The van der Waals surface area contributed by atoms with Gasteiger partial charge >= 0.3 is 12.5 Å². The van der Waals surface area contributed by atoms with E-state index in [2.05, 4.69) is 18.6 Å². The number of ether oxygens (including phenoxy) is 1. The van der Waals surface area contributed by atoms with Gasteiger partial charge in [0.2, 0.25) is 0 Å². The fraction of sp³-hybridized carbons (Fsp3) is 0.571. The SMILES string of the molecule is CC(C)CC[C@H](N)c1ccc(OC(F)(F)C(F)F)cc1. The van der Waals surface area contributed by atoms with E-state index < -0.39 is 12.5 Å². The standard InChI is InChI=1S/C14H19F4NO/c1-9(2)3-8-12(19)10-4-6-11(7-5-10)20-14(17,18)13(15)16/h4-7,9,12-13H,3,8,19H2,1-2H3/t12-/m0/s1. The Kier molecular flexibility index (Phi) is 5.80. The highest BCUT2D eigenvalue weighted by Gasteiger charge is 2.43. The van der Waals surface area contributed by atoms with E-state index in [1.165, 1.54) is 24.3 Å². The third kappa shape index (κ3) is 5.00. The molecular weight excluding hydrogens is 274 g/mol. The van der Waals surface area contributed by atoms with Crippen LogP contribution in [0.1, 0.15) is 38.3 Å². The summed E-state index contributed by atoms with van der Waals surface area (Å²) in [5.41, 5.74) is 6.72. The van der Waals surface area contributed by atoms with Crippen LogP contribution < -0.4 is 10.5 Å². The zero-order valence-corrected chi connectivity index (χ0v) is 11.5. The average molecular weight is 293 g/mol. The number of nitrogens with two attached hydrogens (primary N) is 1. The van der Waals surface area contributed by atoms with E-state index >= 15 is 0 Å². The normalized spacial score (nSPS) is 13.8. The Hall–Kier alpha value is -1.30. The van der Waals surface area contributed by atoms with Gasteiger partial charge in [0.1, 0.15) is 5.75 Å². The second kappa shape index (κ2) is 6.92. The minimum absolute atomic E-state index is 0.206. The summed E-state index contributed by atoms with van der Waals surface area (Å²) in [4.78, 5) is 0. The quantitative estimate of drug-likeness (QED) is 0.758. The van der Waals surface area contributed by atoms with Crippen LogP contribution in [0, 0.1) is 5.92 Å². The Morgan fingerprint density at radius 3 is 2.10 bits per heavy atom. The van der Waals surface area contributed by atoms with Crippen LogP contribution >= 0.6 is 0 Å². The second-order valence-corrected chi connectivity index (χ2v) is 5.11. The molecular formula is C14H19F4NO. The van der Waals surface area contributed by atoms with E-state index in [0.29, 0.717) is 5.92 Å². The van der Waals surface area contributed by atoms with Gasteiger partial charge in [0.05, 0.1) is 0 Å². The summed E-state index contributed by atoms with van der Waals surface area (Å²) in [5, 5.41) is 0. The van der Waals surface area contributed by atoms with Gasteiger partial charge in [-0.3, -0.25) is 0 Å². The van der Waals surface area contributed by atoms with Crippen LogP contribution in [0.2, 0.25) is 0 Å². The van der Waals surface area contributed by atoms with E-state index in [4.69, 9.17) is 5.73 Å². The fourth-order valence-corrected chi connectivity index (χ4v) is 1.66. The molecule has 0 fully saturated rings. The number of halogens is 4. The molecule has 0 radical (unpaired) electrons. The molecule has 0 saturated heterocycles. The number of hydrogen-bond acceptors (Lipinski definition) is 2. The van der Waals surface area contributed by atoms with Crippen LogP contribution in [-0.4, -0.2) is 12.5 Å². The minimum Gasteiger partial charge on any atom is -0.428 e. The molecule has 2 N–H and O–H groups in total. The molecule has 0 amide bonds. The van der Waals surface area contributed by atoms with Gasteiger partial charge in [-0.1, -0.05) is 26.0 Å². The molecule has 114 valence electrons. The molecule has 2 nitrogen and oxygen atoms in total. The highest BCUT2D eigenvalue weighted by atomic mass is 19.3. The van der Waals surface area contributed by atoms with Crippen molar-refractivity contribution in [1.82, 2.24) is 0 Å². The molecule has 1 atom stereocenters. The summed E-state index contributed by atoms with van der Waals surface area (Å²) in [7, 11) is 0. The van der Waals surface area contributed by atoms with Crippen molar-refractivity contribution >= 4 is 0 Å². The Morgan fingerprint density at radius 2 is 1.65 bits per heavy atom. The number of rotatable bonds is 7. The molecule has 0 unspecified atom stereocenters. The number of benzene rings is 1. The van der Waals surface area contributed by atoms with E-state index in [9.17, 15) is 17.6 Å². The summed E-state index contributed by atoms with van der Waals surface area (Å²) < 4.78 is 53.4. The van der Waals surface area contributed by atoms with Gasteiger partial charge < -0.3 is 10.5 Å². The van der Waals surface area contributed by atoms with Crippen LogP contribution in [-0.2, 0) is 0 Å². The Labute approximate surface area is 115 Å². The summed E-state index contributed by atoms with van der Waals surface area (Å²) in [6.45, 7) is 4.16. The van der Waals surface area contributed by atoms with Crippen molar-refractivity contribution in [3.8, 4) is 5.75 Å². The molecule has 1 aromatic carbocycles. The van der Waals surface area contributed by atoms with Gasteiger partial charge in [-0.05, 0) is 36.5 Å². The van der Waals surface area contributed by atoms with E-state index in [1.807, 2.05) is 0 Å². The molecule has 0 bridgehead atoms. The topological polar surface area (TPSA) is 35.2 Å². The molecule has 6 heteroatoms. The van der Waals surface area contributed by atoms with Crippen molar-refractivity contribution in [2.45, 2.75) is 45.3 Å². The molecule has 0 aliphatic rings. The summed E-state index contributed by atoms with van der Waals surface area (Å²) in [6.07, 6.45) is -6.63. The molecule has 0 aromatic heterocycles. The Morgan fingerprint density at radius 1 is 1.10 bits per heavy atom. The van der Waals surface area contributed by atoms with Crippen molar-refractivity contribution in [1.29, 1.82) is 0 Å². The predicted octanol–water partition coefficient (Wildman–Crippen LogP) is 4.36. The minimum atomic E-state index is -4.48. The first-order valence-corrected chi connectivity index (χ1v) is 6.43. The van der Waals surface area contributed by atoms with Gasteiger partial charge in [0.25, 0.3) is 0 Å². The molecule has 0 spiro atoms. The largest absolute Gasteiger partial charge is 0.461 e. The van der Waals surface area contributed by atoms with Crippen molar-refractivity contribution in [3.63, 3.8) is 0 Å². The lowest BCUT2D eigenvalue weighted by atomic mass is 9.98. The molecule has 1 rings (SSSR count). The van der Waals surface area contributed by atoms with Gasteiger partial charge in [0.15, 0.2) is 0 Å². The van der Waals surface area contributed by atoms with E-state index in [1.54, 1.807) is 0 Å². The van der Waals surface area contributed by atoms with Crippen LogP contribution in [0.4, 0.5) is 17.6 Å². The van der Waals surface area contributed by atoms with Gasteiger partial charge in [-0.25, -0.2) is 0 Å². The van der Waals surface area contributed by atoms with Gasteiger partial charge in [-0.2, -0.15) is 17.6 Å². The highest BCUT2D eigenvalue weighted by Crippen LogP contribution is 2.28. The van der Waals surface area contributed by atoms with E-state index in [0.717, 1.165) is 18.4 Å². The summed E-state index contributed by atoms with van der Waals surface area (Å²) in [6, 6.07) is 5.27. The maximum absolute atomic E-state index is 12.7. The zero-order valence-electron chi connectivity index (χ0n) is 11.5. The maximum atomic E-state index is 12.7. The first kappa shape index (κ1) is 16.8. The summed E-state index contributed by atoms with van der Waals surface area (Å²) >= 11 is 0. The number of alkyl halides is 4. The molecule has 0 aliphatic carbocycles. The third-order valence-corrected chi connectivity index (χ3v) is 2.87. The van der Waals surface area contributed by atoms with Crippen molar-refractivity contribution in [2.75, 3.05) is 0 Å². The van der Waals surface area contributed by atoms with Crippen molar-refractivity contribution < 1.29 is 22.3 Å². The van der Waals surface area contributed by atoms with Crippen LogP contribution in [0.15, 0.2) is 24.3 Å². The van der Waals surface area contributed by atoms with Crippen molar-refractivity contribution in [2.24, 2.45) is 11.7 Å².